The van der Waals surface area contributed by atoms with Crippen molar-refractivity contribution < 1.29 is 9.59 Å². The van der Waals surface area contributed by atoms with E-state index in [0.29, 0.717) is 11.3 Å². The monoisotopic (exact) mass is 485 g/mol. The van der Waals surface area contributed by atoms with Gasteiger partial charge in [-0.3, -0.25) is 19.5 Å². The van der Waals surface area contributed by atoms with Gasteiger partial charge in [0.1, 0.15) is 17.8 Å². The van der Waals surface area contributed by atoms with Crippen LogP contribution < -0.4 is 10.2 Å². The molecule has 36 heavy (non-hydrogen) atoms. The van der Waals surface area contributed by atoms with Gasteiger partial charge in [0.2, 0.25) is 5.91 Å². The minimum absolute atomic E-state index is 0.0337. The van der Waals surface area contributed by atoms with Gasteiger partial charge in [0.25, 0.3) is 5.91 Å². The molecule has 2 amide bonds. The summed E-state index contributed by atoms with van der Waals surface area (Å²) in [4.78, 5) is 44.7. The Kier molecular flexibility index (Phi) is 7.44. The van der Waals surface area contributed by atoms with Crippen LogP contribution in [-0.2, 0) is 10.2 Å². The van der Waals surface area contributed by atoms with Crippen LogP contribution in [-0.4, -0.2) is 37.8 Å². The highest BCUT2D eigenvalue weighted by molar-refractivity contribution is 6.09. The molecule has 1 unspecified atom stereocenters. The first-order chi connectivity index (χ1) is 17.3. The molecule has 1 aliphatic rings. The molecule has 2 N–H and O–H groups in total. The van der Waals surface area contributed by atoms with Crippen LogP contribution in [0.4, 0.5) is 5.69 Å². The first kappa shape index (κ1) is 25.0. The molecular formula is C27H31N7O2. The number of carbonyl (C=O) groups is 2. The predicted octanol–water partition coefficient (Wildman–Crippen LogP) is 4.21. The van der Waals surface area contributed by atoms with Crippen molar-refractivity contribution in [3.63, 3.8) is 0 Å². The third-order valence-electron chi connectivity index (χ3n) is 6.41. The van der Waals surface area contributed by atoms with Gasteiger partial charge in [0, 0.05) is 35.1 Å². The molecule has 4 rings (SSSR count). The predicted molar refractivity (Wildman–Crippen MR) is 135 cm³/mol. The first-order valence-corrected chi connectivity index (χ1v) is 12.2. The van der Waals surface area contributed by atoms with Crippen molar-refractivity contribution in [2.75, 3.05) is 4.90 Å². The van der Waals surface area contributed by atoms with Gasteiger partial charge >= 0.3 is 0 Å². The van der Waals surface area contributed by atoms with Crippen LogP contribution in [0.1, 0.15) is 86.4 Å². The second-order valence-electron chi connectivity index (χ2n) is 10.1. The van der Waals surface area contributed by atoms with Gasteiger partial charge < -0.3 is 10.3 Å². The van der Waals surface area contributed by atoms with Crippen LogP contribution in [0, 0.1) is 11.3 Å². The molecule has 1 fully saturated rings. The Hall–Kier alpha value is -4.06. The molecule has 1 atom stereocenters. The largest absolute Gasteiger partial charge is 0.351 e. The van der Waals surface area contributed by atoms with Gasteiger partial charge in [-0.15, -0.1) is 0 Å². The highest BCUT2D eigenvalue weighted by Crippen LogP contribution is 2.33. The van der Waals surface area contributed by atoms with Crippen molar-refractivity contribution in [1.82, 2.24) is 25.3 Å². The SMILES string of the molecule is CC(C)(C)c1ccc(N(C(=O)c2cnc[nH]2)C(C(=O)NC2CCCCC2)c2cccnc2)c(C#N)n1. The van der Waals surface area contributed by atoms with Crippen molar-refractivity contribution in [2.24, 2.45) is 0 Å². The number of hydrogen-bond acceptors (Lipinski definition) is 6. The van der Waals surface area contributed by atoms with Crippen molar-refractivity contribution in [3.8, 4) is 6.07 Å². The zero-order valence-corrected chi connectivity index (χ0v) is 20.9. The molecule has 9 heteroatoms. The maximum atomic E-state index is 13.9. The molecule has 0 aromatic carbocycles. The average molecular weight is 486 g/mol. The summed E-state index contributed by atoms with van der Waals surface area (Å²) in [6, 6.07) is 8.08. The molecule has 0 aliphatic heterocycles. The Bertz CT molecular complexity index is 1240. The van der Waals surface area contributed by atoms with E-state index in [1.165, 1.54) is 17.4 Å². The van der Waals surface area contributed by atoms with E-state index in [4.69, 9.17) is 0 Å². The van der Waals surface area contributed by atoms with Gasteiger partial charge in [-0.05, 0) is 31.0 Å². The van der Waals surface area contributed by atoms with Crippen molar-refractivity contribution in [3.05, 3.63) is 71.8 Å². The van der Waals surface area contributed by atoms with Crippen LogP contribution in [0.5, 0.6) is 0 Å². The van der Waals surface area contributed by atoms with Gasteiger partial charge in [-0.25, -0.2) is 9.97 Å². The number of carbonyl (C=O) groups excluding carboxylic acids is 2. The molecule has 0 radical (unpaired) electrons. The Morgan fingerprint density at radius 3 is 2.53 bits per heavy atom. The average Bonchev–Trinajstić information content (AvgIpc) is 3.42. The maximum absolute atomic E-state index is 13.9. The summed E-state index contributed by atoms with van der Waals surface area (Å²) in [5.74, 6) is -0.825. The zero-order valence-electron chi connectivity index (χ0n) is 20.9. The first-order valence-electron chi connectivity index (χ1n) is 12.2. The lowest BCUT2D eigenvalue weighted by Crippen LogP contribution is -2.47. The number of H-pyrrole nitrogens is 1. The fourth-order valence-corrected chi connectivity index (χ4v) is 4.50. The molecule has 0 bridgehead atoms. The topological polar surface area (TPSA) is 128 Å². The number of nitrogens with zero attached hydrogens (tertiary/aromatic N) is 5. The van der Waals surface area contributed by atoms with E-state index in [9.17, 15) is 14.9 Å². The number of aromatic amines is 1. The number of pyridine rings is 2. The number of nitrogens with one attached hydrogen (secondary N) is 2. The highest BCUT2D eigenvalue weighted by Gasteiger charge is 2.37. The third kappa shape index (κ3) is 5.43. The third-order valence-corrected chi connectivity index (χ3v) is 6.41. The van der Waals surface area contributed by atoms with Crippen LogP contribution in [0.2, 0.25) is 0 Å². The van der Waals surface area contributed by atoms with E-state index in [0.717, 1.165) is 32.1 Å². The van der Waals surface area contributed by atoms with E-state index in [-0.39, 0.29) is 34.4 Å². The summed E-state index contributed by atoms with van der Waals surface area (Å²) in [5, 5.41) is 13.2. The van der Waals surface area contributed by atoms with Crippen molar-refractivity contribution in [2.45, 2.75) is 70.4 Å². The lowest BCUT2D eigenvalue weighted by molar-refractivity contribution is -0.123. The molecular weight excluding hydrogens is 454 g/mol. The quantitative estimate of drug-likeness (QED) is 0.538. The minimum atomic E-state index is -1.06. The minimum Gasteiger partial charge on any atom is -0.351 e. The standard InChI is InChI=1S/C27H31N7O2/c1-27(2,3)23-12-11-22(20(14-28)33-23)34(26(36)21-16-30-17-31-21)24(18-8-7-13-29-15-18)25(35)32-19-9-5-4-6-10-19/h7-8,11-13,15-17,19,24H,4-6,9-10H2,1-3H3,(H,30,31)(H,32,35). The smallest absolute Gasteiger partial charge is 0.277 e. The van der Waals surface area contributed by atoms with Gasteiger partial charge in [0.05, 0.1) is 18.2 Å². The van der Waals surface area contributed by atoms with Crippen LogP contribution >= 0.6 is 0 Å². The van der Waals surface area contributed by atoms with Crippen molar-refractivity contribution in [1.29, 1.82) is 5.26 Å². The Morgan fingerprint density at radius 2 is 1.92 bits per heavy atom. The second-order valence-corrected chi connectivity index (χ2v) is 10.1. The number of rotatable bonds is 6. The molecule has 9 nitrogen and oxygen atoms in total. The fourth-order valence-electron chi connectivity index (χ4n) is 4.50. The Morgan fingerprint density at radius 1 is 1.14 bits per heavy atom. The van der Waals surface area contributed by atoms with Gasteiger partial charge in [-0.2, -0.15) is 5.26 Å². The van der Waals surface area contributed by atoms with Crippen molar-refractivity contribution >= 4 is 17.5 Å². The normalized spacial score (nSPS) is 15.1. The summed E-state index contributed by atoms with van der Waals surface area (Å²) in [6.45, 7) is 6.00. The summed E-state index contributed by atoms with van der Waals surface area (Å²) < 4.78 is 0. The lowest BCUT2D eigenvalue weighted by atomic mass is 9.91. The van der Waals surface area contributed by atoms with Gasteiger partial charge in [-0.1, -0.05) is 46.1 Å². The molecule has 0 saturated heterocycles. The summed E-state index contributed by atoms with van der Waals surface area (Å²) in [7, 11) is 0. The van der Waals surface area contributed by atoms with Crippen LogP contribution in [0.15, 0.2) is 49.2 Å². The molecule has 0 spiro atoms. The number of nitriles is 1. The maximum Gasteiger partial charge on any atom is 0.277 e. The highest BCUT2D eigenvalue weighted by atomic mass is 16.2. The second kappa shape index (κ2) is 10.7. The van der Waals surface area contributed by atoms with Gasteiger partial charge in [0.15, 0.2) is 5.69 Å². The Balaban J connectivity index is 1.86. The number of imidazole rings is 1. The molecule has 186 valence electrons. The number of hydrogen-bond donors (Lipinski definition) is 2. The van der Waals surface area contributed by atoms with E-state index in [1.54, 1.807) is 36.7 Å². The van der Waals surface area contributed by atoms with E-state index < -0.39 is 11.9 Å². The summed E-state index contributed by atoms with van der Waals surface area (Å²) in [5.41, 5.74) is 1.44. The summed E-state index contributed by atoms with van der Waals surface area (Å²) >= 11 is 0. The van der Waals surface area contributed by atoms with Crippen LogP contribution in [0.25, 0.3) is 0 Å². The molecule has 1 saturated carbocycles. The number of amides is 2. The van der Waals surface area contributed by atoms with E-state index >= 15 is 0 Å². The number of anilines is 1. The Labute approximate surface area is 211 Å². The molecule has 3 aromatic rings. The lowest BCUT2D eigenvalue weighted by Gasteiger charge is -2.33. The molecule has 3 heterocycles. The van der Waals surface area contributed by atoms with E-state index in [2.05, 4.69) is 31.3 Å². The molecule has 1 aliphatic carbocycles. The zero-order chi connectivity index (χ0) is 25.7. The van der Waals surface area contributed by atoms with E-state index in [1.807, 2.05) is 20.8 Å². The number of aromatic nitrogens is 4. The fraction of sp³-hybridized carbons (Fsp3) is 0.407. The van der Waals surface area contributed by atoms with Crippen LogP contribution in [0.3, 0.4) is 0 Å². The molecule has 3 aromatic heterocycles. The summed E-state index contributed by atoms with van der Waals surface area (Å²) in [6.07, 6.45) is 11.0.